The van der Waals surface area contributed by atoms with Crippen LogP contribution in [0.15, 0.2) is 9.98 Å². The Labute approximate surface area is 229 Å². The molecule has 0 aliphatic heterocycles. The third kappa shape index (κ3) is 16.2. The van der Waals surface area contributed by atoms with Crippen LogP contribution < -0.4 is 50.4 Å². The van der Waals surface area contributed by atoms with Crippen LogP contribution in [-0.2, 0) is 28.8 Å². The van der Waals surface area contributed by atoms with Crippen LogP contribution >= 0.6 is 0 Å². The Morgan fingerprint density at radius 3 is 1.60 bits per heavy atom. The average molecular weight is 574 g/mol. The van der Waals surface area contributed by atoms with Gasteiger partial charge in [0.2, 0.25) is 23.6 Å². The van der Waals surface area contributed by atoms with Gasteiger partial charge in [-0.1, -0.05) is 0 Å². The topological polar surface area (TPSA) is 360 Å². The molecule has 0 aliphatic rings. The summed E-state index contributed by atoms with van der Waals surface area (Å²) in [5, 5.41) is 24.9. The largest absolute Gasteiger partial charge is 0.481 e. The van der Waals surface area contributed by atoms with E-state index in [-0.39, 0.29) is 44.3 Å². The van der Waals surface area contributed by atoms with Crippen LogP contribution in [0.2, 0.25) is 0 Å². The summed E-state index contributed by atoms with van der Waals surface area (Å²) in [7, 11) is 0. The Kier molecular flexibility index (Phi) is 16.4. The first-order valence-corrected chi connectivity index (χ1v) is 12.1. The number of carbonyl (C=O) groups is 6. The van der Waals surface area contributed by atoms with Crippen molar-refractivity contribution in [2.75, 3.05) is 13.1 Å². The van der Waals surface area contributed by atoms with Crippen molar-refractivity contribution in [3.8, 4) is 0 Å². The highest BCUT2D eigenvalue weighted by Gasteiger charge is 2.31. The molecule has 19 heteroatoms. The van der Waals surface area contributed by atoms with Crippen molar-refractivity contribution >= 4 is 47.5 Å². The van der Waals surface area contributed by atoms with Gasteiger partial charge in [-0.3, -0.25) is 34.0 Å². The van der Waals surface area contributed by atoms with Crippen molar-refractivity contribution in [2.45, 2.75) is 69.1 Å². The summed E-state index contributed by atoms with van der Waals surface area (Å²) < 4.78 is 0. The lowest BCUT2D eigenvalue weighted by Crippen LogP contribution is -2.57. The standard InChI is InChI=1S/C21H39N11O8/c22-10(3-1-7-28-20(24)25)16(36)30-11(4-2-8-29-21(26)27)17(37)32-13(9-14(23)33)18(38)31-12(19(39)40)5-6-15(34)35/h10-13H,1-9,22H2,(H2,23,33)(H,30,36)(H,31,38)(H,32,37)(H,34,35)(H,39,40)(H4,24,25,28)(H4,26,27,29). The molecule has 0 aromatic rings. The van der Waals surface area contributed by atoms with Crippen LogP contribution in [-0.4, -0.2) is 95.0 Å². The number of nitrogens with zero attached hydrogens (tertiary/aromatic N) is 2. The zero-order valence-electron chi connectivity index (χ0n) is 21.9. The molecular formula is C21H39N11O8. The zero-order chi connectivity index (χ0) is 30.8. The van der Waals surface area contributed by atoms with Gasteiger partial charge < -0.3 is 60.6 Å². The van der Waals surface area contributed by atoms with E-state index in [1.54, 1.807) is 0 Å². The summed E-state index contributed by atoms with van der Waals surface area (Å²) in [4.78, 5) is 79.8. The first kappa shape index (κ1) is 35.3. The predicted molar refractivity (Wildman–Crippen MR) is 142 cm³/mol. The van der Waals surface area contributed by atoms with Crippen molar-refractivity contribution < 1.29 is 39.0 Å². The number of hydrogen-bond acceptors (Lipinski definition) is 9. The number of primary amides is 1. The Hall–Kier alpha value is -4.68. The number of nitrogens with one attached hydrogen (secondary N) is 3. The van der Waals surface area contributed by atoms with Gasteiger partial charge in [0, 0.05) is 19.5 Å². The first-order chi connectivity index (χ1) is 18.6. The van der Waals surface area contributed by atoms with E-state index < -0.39 is 79.0 Å². The zero-order valence-corrected chi connectivity index (χ0v) is 21.9. The van der Waals surface area contributed by atoms with Gasteiger partial charge in [-0.15, -0.1) is 0 Å². The minimum Gasteiger partial charge on any atom is -0.481 e. The molecule has 17 N–H and O–H groups in total. The van der Waals surface area contributed by atoms with E-state index in [1.807, 2.05) is 0 Å². The second kappa shape index (κ2) is 18.6. The Morgan fingerprint density at radius 1 is 0.650 bits per heavy atom. The molecule has 0 aromatic heterocycles. The van der Waals surface area contributed by atoms with Crippen LogP contribution in [0.4, 0.5) is 0 Å². The third-order valence-electron chi connectivity index (χ3n) is 5.18. The van der Waals surface area contributed by atoms with E-state index in [4.69, 9.17) is 39.5 Å². The second-order valence-corrected chi connectivity index (χ2v) is 8.63. The van der Waals surface area contributed by atoms with Crippen LogP contribution in [0.3, 0.4) is 0 Å². The molecule has 0 rings (SSSR count). The van der Waals surface area contributed by atoms with Crippen LogP contribution in [0.25, 0.3) is 0 Å². The summed E-state index contributed by atoms with van der Waals surface area (Å²) in [5.41, 5.74) is 32.1. The quantitative estimate of drug-likeness (QED) is 0.0368. The highest BCUT2D eigenvalue weighted by molar-refractivity contribution is 5.96. The monoisotopic (exact) mass is 573 g/mol. The molecule has 0 radical (unpaired) electrons. The normalized spacial score (nSPS) is 13.4. The Balaban J connectivity index is 5.61. The number of hydrogen-bond donors (Lipinski definition) is 11. The van der Waals surface area contributed by atoms with Crippen LogP contribution in [0.1, 0.15) is 44.9 Å². The van der Waals surface area contributed by atoms with Crippen molar-refractivity contribution in [1.29, 1.82) is 0 Å². The van der Waals surface area contributed by atoms with Gasteiger partial charge in [0.15, 0.2) is 11.9 Å². The molecule has 0 bridgehead atoms. The van der Waals surface area contributed by atoms with Crippen molar-refractivity contribution in [3.63, 3.8) is 0 Å². The van der Waals surface area contributed by atoms with Gasteiger partial charge in [-0.25, -0.2) is 4.79 Å². The fourth-order valence-corrected chi connectivity index (χ4v) is 3.18. The van der Waals surface area contributed by atoms with Crippen LogP contribution in [0.5, 0.6) is 0 Å². The van der Waals surface area contributed by atoms with E-state index >= 15 is 0 Å². The fourth-order valence-electron chi connectivity index (χ4n) is 3.18. The van der Waals surface area contributed by atoms with Gasteiger partial charge in [-0.2, -0.15) is 0 Å². The minimum atomic E-state index is -1.64. The number of guanidine groups is 2. The summed E-state index contributed by atoms with van der Waals surface area (Å²) in [5.74, 6) is -6.87. The van der Waals surface area contributed by atoms with E-state index in [9.17, 15) is 33.9 Å². The Bertz CT molecular complexity index is 964. The maximum atomic E-state index is 13.1. The SMILES string of the molecule is NC(=O)CC(NC(=O)C(CCCN=C(N)N)NC(=O)C(N)CCCN=C(N)N)C(=O)NC(CCC(=O)O)C(=O)O. The molecule has 226 valence electrons. The molecule has 0 heterocycles. The smallest absolute Gasteiger partial charge is 0.326 e. The van der Waals surface area contributed by atoms with Gasteiger partial charge >= 0.3 is 11.9 Å². The lowest BCUT2D eigenvalue weighted by Gasteiger charge is -2.24. The summed E-state index contributed by atoms with van der Waals surface area (Å²) >= 11 is 0. The highest BCUT2D eigenvalue weighted by Crippen LogP contribution is 2.05. The molecule has 0 aromatic carbocycles. The lowest BCUT2D eigenvalue weighted by atomic mass is 10.1. The molecule has 0 saturated heterocycles. The van der Waals surface area contributed by atoms with Gasteiger partial charge in [0.25, 0.3) is 0 Å². The molecule has 4 amide bonds. The van der Waals surface area contributed by atoms with Crippen molar-refractivity contribution in [2.24, 2.45) is 44.4 Å². The number of carbonyl (C=O) groups excluding carboxylic acids is 4. The second-order valence-electron chi connectivity index (χ2n) is 8.63. The molecule has 0 aliphatic carbocycles. The molecule has 0 fully saturated rings. The number of nitrogens with two attached hydrogens (primary N) is 6. The summed E-state index contributed by atoms with van der Waals surface area (Å²) in [6.45, 7) is 0.321. The van der Waals surface area contributed by atoms with E-state index in [1.165, 1.54) is 0 Å². The molecular weight excluding hydrogens is 534 g/mol. The van der Waals surface area contributed by atoms with E-state index in [0.29, 0.717) is 6.42 Å². The molecule has 4 unspecified atom stereocenters. The van der Waals surface area contributed by atoms with Crippen LogP contribution in [0, 0.1) is 0 Å². The first-order valence-electron chi connectivity index (χ1n) is 12.1. The maximum absolute atomic E-state index is 13.1. The number of amides is 4. The van der Waals surface area contributed by atoms with Crippen molar-refractivity contribution in [3.05, 3.63) is 0 Å². The summed E-state index contributed by atoms with van der Waals surface area (Å²) in [6.07, 6.45) is -1.03. The molecule has 40 heavy (non-hydrogen) atoms. The number of carboxylic acid groups (broad SMARTS) is 2. The van der Waals surface area contributed by atoms with E-state index in [2.05, 4.69) is 25.9 Å². The lowest BCUT2D eigenvalue weighted by molar-refractivity contribution is -0.143. The molecule has 0 saturated carbocycles. The fraction of sp³-hybridized carbons (Fsp3) is 0.619. The van der Waals surface area contributed by atoms with Gasteiger partial charge in [0.1, 0.15) is 18.1 Å². The molecule has 0 spiro atoms. The number of rotatable bonds is 20. The molecule has 19 nitrogen and oxygen atoms in total. The Morgan fingerprint density at radius 2 is 1.12 bits per heavy atom. The van der Waals surface area contributed by atoms with Gasteiger partial charge in [0.05, 0.1) is 12.5 Å². The van der Waals surface area contributed by atoms with Crippen molar-refractivity contribution in [1.82, 2.24) is 16.0 Å². The maximum Gasteiger partial charge on any atom is 0.326 e. The third-order valence-corrected chi connectivity index (χ3v) is 5.18. The minimum absolute atomic E-state index is 0.0175. The van der Waals surface area contributed by atoms with E-state index in [0.717, 1.165) is 0 Å². The molecule has 4 atom stereocenters. The predicted octanol–water partition coefficient (Wildman–Crippen LogP) is -5.30. The average Bonchev–Trinajstić information content (AvgIpc) is 2.84. The van der Waals surface area contributed by atoms with Gasteiger partial charge in [-0.05, 0) is 32.1 Å². The number of aliphatic carboxylic acids is 2. The summed E-state index contributed by atoms with van der Waals surface area (Å²) in [6, 6.07) is -5.57. The number of aliphatic imine (C=N–C) groups is 2. The highest BCUT2D eigenvalue weighted by atomic mass is 16.4. The number of carboxylic acids is 2.